The fraction of sp³-hybridized carbons (Fsp3) is 0.160. The summed E-state index contributed by atoms with van der Waals surface area (Å²) >= 11 is 0. The molecule has 3 aromatic rings. The summed E-state index contributed by atoms with van der Waals surface area (Å²) in [6.45, 7) is 1.44. The van der Waals surface area contributed by atoms with Crippen LogP contribution >= 0.6 is 0 Å². The zero-order valence-corrected chi connectivity index (χ0v) is 16.6. The molecule has 0 saturated heterocycles. The van der Waals surface area contributed by atoms with Gasteiger partial charge in [0.25, 0.3) is 0 Å². The van der Waals surface area contributed by atoms with Gasteiger partial charge >= 0.3 is 5.97 Å². The predicted molar refractivity (Wildman–Crippen MR) is 113 cm³/mol. The van der Waals surface area contributed by atoms with Crippen molar-refractivity contribution in [3.05, 3.63) is 102 Å². The Kier molecular flexibility index (Phi) is 7.11. The maximum absolute atomic E-state index is 12.9. The standard InChI is InChI=1S/C25H22O5/c1-2-22(26)18-13-15-21(16-14-18)29-17-23(27)30-25(20-11-7-4-8-12-20)24(28)19-9-5-3-6-10-19/h3-16,25H,2,17H2,1H3/t25-/m0/s1. The minimum Gasteiger partial charge on any atom is -0.482 e. The van der Waals surface area contributed by atoms with Crippen LogP contribution in [0.15, 0.2) is 84.9 Å². The molecule has 0 N–H and O–H groups in total. The molecule has 0 saturated carbocycles. The van der Waals surface area contributed by atoms with Crippen LogP contribution in [-0.4, -0.2) is 24.1 Å². The highest BCUT2D eigenvalue weighted by Crippen LogP contribution is 2.23. The van der Waals surface area contributed by atoms with Gasteiger partial charge in [-0.3, -0.25) is 9.59 Å². The van der Waals surface area contributed by atoms with Crippen molar-refractivity contribution in [2.24, 2.45) is 0 Å². The van der Waals surface area contributed by atoms with Crippen molar-refractivity contribution in [2.45, 2.75) is 19.4 Å². The summed E-state index contributed by atoms with van der Waals surface area (Å²) in [7, 11) is 0. The first kappa shape index (κ1) is 21.0. The summed E-state index contributed by atoms with van der Waals surface area (Å²) in [5.74, 6) is -0.504. The van der Waals surface area contributed by atoms with Crippen molar-refractivity contribution in [2.75, 3.05) is 6.61 Å². The highest BCUT2D eigenvalue weighted by atomic mass is 16.6. The maximum atomic E-state index is 12.9. The Morgan fingerprint density at radius 3 is 1.97 bits per heavy atom. The van der Waals surface area contributed by atoms with Gasteiger partial charge in [-0.1, -0.05) is 67.6 Å². The minimum atomic E-state index is -1.06. The number of rotatable bonds is 9. The molecular weight excluding hydrogens is 380 g/mol. The number of hydrogen-bond donors (Lipinski definition) is 0. The summed E-state index contributed by atoms with van der Waals surface area (Å²) in [5.41, 5.74) is 1.63. The van der Waals surface area contributed by atoms with Gasteiger partial charge in [-0.15, -0.1) is 0 Å². The number of carbonyl (C=O) groups is 3. The van der Waals surface area contributed by atoms with Crippen LogP contribution in [0.1, 0.15) is 45.7 Å². The summed E-state index contributed by atoms with van der Waals surface area (Å²) < 4.78 is 10.9. The van der Waals surface area contributed by atoms with Crippen LogP contribution in [0.25, 0.3) is 0 Å². The van der Waals surface area contributed by atoms with Crippen molar-refractivity contribution < 1.29 is 23.9 Å². The molecule has 0 radical (unpaired) electrons. The van der Waals surface area contributed by atoms with E-state index in [9.17, 15) is 14.4 Å². The molecular formula is C25H22O5. The van der Waals surface area contributed by atoms with E-state index >= 15 is 0 Å². The predicted octanol–water partition coefficient (Wildman–Crippen LogP) is 4.83. The van der Waals surface area contributed by atoms with Gasteiger partial charge in [-0.05, 0) is 24.3 Å². The topological polar surface area (TPSA) is 69.7 Å². The van der Waals surface area contributed by atoms with Crippen molar-refractivity contribution in [3.63, 3.8) is 0 Å². The Labute approximate surface area is 175 Å². The van der Waals surface area contributed by atoms with Gasteiger partial charge in [0.05, 0.1) is 0 Å². The number of carbonyl (C=O) groups excluding carboxylic acids is 3. The quantitative estimate of drug-likeness (QED) is 0.379. The summed E-state index contributed by atoms with van der Waals surface area (Å²) in [6, 6.07) is 24.1. The Balaban J connectivity index is 1.68. The lowest BCUT2D eigenvalue weighted by molar-refractivity contribution is -0.149. The van der Waals surface area contributed by atoms with Crippen molar-refractivity contribution in [1.29, 1.82) is 0 Å². The molecule has 0 bridgehead atoms. The lowest BCUT2D eigenvalue weighted by atomic mass is 10.00. The van der Waals surface area contributed by atoms with Crippen LogP contribution in [0.4, 0.5) is 0 Å². The molecule has 0 spiro atoms. The lowest BCUT2D eigenvalue weighted by Crippen LogP contribution is -2.23. The fourth-order valence-electron chi connectivity index (χ4n) is 2.90. The molecule has 3 aromatic carbocycles. The number of hydrogen-bond acceptors (Lipinski definition) is 5. The van der Waals surface area contributed by atoms with E-state index in [1.807, 2.05) is 12.1 Å². The Hall–Kier alpha value is -3.73. The molecule has 0 amide bonds. The van der Waals surface area contributed by atoms with E-state index in [2.05, 4.69) is 0 Å². The van der Waals surface area contributed by atoms with Crippen LogP contribution in [0.3, 0.4) is 0 Å². The van der Waals surface area contributed by atoms with Crippen molar-refractivity contribution in [1.82, 2.24) is 0 Å². The maximum Gasteiger partial charge on any atom is 0.345 e. The van der Waals surface area contributed by atoms with Gasteiger partial charge in [0.1, 0.15) is 5.75 Å². The van der Waals surface area contributed by atoms with Gasteiger partial charge in [-0.25, -0.2) is 4.79 Å². The van der Waals surface area contributed by atoms with Crippen molar-refractivity contribution in [3.8, 4) is 5.75 Å². The molecule has 0 aromatic heterocycles. The van der Waals surface area contributed by atoms with Gasteiger partial charge in [0, 0.05) is 23.1 Å². The van der Waals surface area contributed by atoms with E-state index in [4.69, 9.17) is 9.47 Å². The molecule has 0 aliphatic heterocycles. The normalized spacial score (nSPS) is 11.4. The highest BCUT2D eigenvalue weighted by molar-refractivity contribution is 6.01. The number of esters is 1. The van der Waals surface area contributed by atoms with E-state index in [1.165, 1.54) is 0 Å². The zero-order chi connectivity index (χ0) is 21.3. The molecule has 5 nitrogen and oxygen atoms in total. The Bertz CT molecular complexity index is 995. The number of Topliss-reactive ketones (excluding diaryl/α,β-unsaturated/α-hetero) is 2. The minimum absolute atomic E-state index is 0.0334. The first-order valence-corrected chi connectivity index (χ1v) is 9.68. The molecule has 0 heterocycles. The third kappa shape index (κ3) is 5.41. The second kappa shape index (κ2) is 10.2. The molecule has 3 rings (SSSR count). The third-order valence-corrected chi connectivity index (χ3v) is 4.50. The third-order valence-electron chi connectivity index (χ3n) is 4.50. The molecule has 0 fully saturated rings. The Morgan fingerprint density at radius 1 is 0.767 bits per heavy atom. The molecule has 1 atom stereocenters. The smallest absolute Gasteiger partial charge is 0.345 e. The number of ketones is 2. The van der Waals surface area contributed by atoms with E-state index in [0.717, 1.165) is 0 Å². The molecule has 0 aliphatic rings. The number of benzene rings is 3. The van der Waals surface area contributed by atoms with E-state index < -0.39 is 12.1 Å². The van der Waals surface area contributed by atoms with E-state index in [-0.39, 0.29) is 18.2 Å². The first-order valence-electron chi connectivity index (χ1n) is 9.68. The molecule has 152 valence electrons. The summed E-state index contributed by atoms with van der Waals surface area (Å²) in [4.78, 5) is 37.0. The van der Waals surface area contributed by atoms with Gasteiger partial charge in [0.2, 0.25) is 5.78 Å². The van der Waals surface area contributed by atoms with Gasteiger partial charge in [0.15, 0.2) is 18.5 Å². The van der Waals surface area contributed by atoms with Gasteiger partial charge < -0.3 is 9.47 Å². The van der Waals surface area contributed by atoms with Crippen LogP contribution in [0.2, 0.25) is 0 Å². The van der Waals surface area contributed by atoms with Crippen molar-refractivity contribution >= 4 is 17.5 Å². The van der Waals surface area contributed by atoms with Crippen LogP contribution < -0.4 is 4.74 Å². The molecule has 0 unspecified atom stereocenters. The fourth-order valence-corrected chi connectivity index (χ4v) is 2.90. The van der Waals surface area contributed by atoms with Gasteiger partial charge in [-0.2, -0.15) is 0 Å². The zero-order valence-electron chi connectivity index (χ0n) is 16.6. The number of ether oxygens (including phenoxy) is 2. The summed E-state index contributed by atoms with van der Waals surface area (Å²) in [6.07, 6.45) is -0.641. The monoisotopic (exact) mass is 402 g/mol. The lowest BCUT2D eigenvalue weighted by Gasteiger charge is -2.17. The summed E-state index contributed by atoms with van der Waals surface area (Å²) in [5, 5.41) is 0. The average Bonchev–Trinajstić information content (AvgIpc) is 2.81. The second-order valence-electron chi connectivity index (χ2n) is 6.60. The average molecular weight is 402 g/mol. The van der Waals surface area contributed by atoms with Crippen LogP contribution in [0.5, 0.6) is 5.75 Å². The Morgan fingerprint density at radius 2 is 1.37 bits per heavy atom. The largest absolute Gasteiger partial charge is 0.482 e. The second-order valence-corrected chi connectivity index (χ2v) is 6.60. The molecule has 0 aliphatic carbocycles. The SMILES string of the molecule is CCC(=O)c1ccc(OCC(=O)O[C@H](C(=O)c2ccccc2)c2ccccc2)cc1. The van der Waals surface area contributed by atoms with Crippen LogP contribution in [0, 0.1) is 0 Å². The highest BCUT2D eigenvalue weighted by Gasteiger charge is 2.26. The molecule has 5 heteroatoms. The molecule has 30 heavy (non-hydrogen) atoms. The van der Waals surface area contributed by atoms with E-state index in [0.29, 0.717) is 28.9 Å². The first-order chi connectivity index (χ1) is 14.6. The van der Waals surface area contributed by atoms with Crippen LogP contribution in [-0.2, 0) is 9.53 Å². The van der Waals surface area contributed by atoms with E-state index in [1.54, 1.807) is 79.7 Å².